The number of ether oxygens (including phenoxy) is 2. The summed E-state index contributed by atoms with van der Waals surface area (Å²) in [6.45, 7) is 2.89. The van der Waals surface area contributed by atoms with E-state index >= 15 is 0 Å². The molecule has 1 N–H and O–H groups in total. The van der Waals surface area contributed by atoms with E-state index in [2.05, 4.69) is 5.32 Å². The number of halogens is 1. The average molecular weight is 417 g/mol. The van der Waals surface area contributed by atoms with Crippen LogP contribution in [0.1, 0.15) is 25.7 Å². The summed E-state index contributed by atoms with van der Waals surface area (Å²) in [5.41, 5.74) is 0.322. The summed E-state index contributed by atoms with van der Waals surface area (Å²) in [5, 5.41) is 3.07. The van der Waals surface area contributed by atoms with Crippen molar-refractivity contribution in [1.29, 1.82) is 0 Å². The number of nitrogens with zero attached hydrogens (tertiary/aromatic N) is 1. The Morgan fingerprint density at radius 2 is 1.81 bits per heavy atom. The molecule has 2 aliphatic heterocycles. The highest BCUT2D eigenvalue weighted by Gasteiger charge is 2.27. The van der Waals surface area contributed by atoms with E-state index < -0.39 is 10.0 Å². The van der Waals surface area contributed by atoms with Gasteiger partial charge in [-0.15, -0.1) is 0 Å². The smallest absolute Gasteiger partial charge is 0.243 e. The summed E-state index contributed by atoms with van der Waals surface area (Å²) in [6.07, 6.45) is 3.11. The number of nitrogens with one attached hydrogen (secondary N) is 1. The molecule has 2 heterocycles. The third-order valence-electron chi connectivity index (χ3n) is 4.94. The van der Waals surface area contributed by atoms with Gasteiger partial charge in [-0.05, 0) is 43.4 Å². The maximum Gasteiger partial charge on any atom is 0.243 e. The van der Waals surface area contributed by atoms with Gasteiger partial charge in [-0.2, -0.15) is 4.31 Å². The molecule has 0 atom stereocenters. The molecule has 0 saturated carbocycles. The Balaban J connectivity index is 1.64. The molecule has 3 rings (SSSR count). The Bertz CT molecular complexity index is 759. The molecule has 1 aromatic rings. The van der Waals surface area contributed by atoms with Crippen LogP contribution < -0.4 is 5.32 Å². The number of morpholine rings is 1. The quantitative estimate of drug-likeness (QED) is 0.770. The van der Waals surface area contributed by atoms with Crippen molar-refractivity contribution in [2.75, 3.05) is 44.8 Å². The van der Waals surface area contributed by atoms with E-state index in [1.807, 2.05) is 0 Å². The zero-order chi connectivity index (χ0) is 19.3. The number of carbonyl (C=O) groups is 1. The molecule has 150 valence electrons. The monoisotopic (exact) mass is 416 g/mol. The van der Waals surface area contributed by atoms with Gasteiger partial charge in [0.1, 0.15) is 0 Å². The fourth-order valence-corrected chi connectivity index (χ4v) is 4.88. The highest BCUT2D eigenvalue weighted by molar-refractivity contribution is 7.89. The lowest BCUT2D eigenvalue weighted by Gasteiger charge is -2.26. The molecule has 2 fully saturated rings. The first kappa shape index (κ1) is 20.5. The lowest BCUT2D eigenvalue weighted by Crippen LogP contribution is -2.40. The fourth-order valence-electron chi connectivity index (χ4n) is 3.28. The van der Waals surface area contributed by atoms with Gasteiger partial charge >= 0.3 is 0 Å². The second-order valence-corrected chi connectivity index (χ2v) is 9.15. The van der Waals surface area contributed by atoms with Crippen molar-refractivity contribution < 1.29 is 22.7 Å². The molecule has 2 aliphatic rings. The molecule has 1 amide bonds. The minimum Gasteiger partial charge on any atom is -0.381 e. The van der Waals surface area contributed by atoms with Gasteiger partial charge in [-0.1, -0.05) is 11.6 Å². The summed E-state index contributed by atoms with van der Waals surface area (Å²) in [5.74, 6) is 0.331. The Labute approximate surface area is 165 Å². The van der Waals surface area contributed by atoms with E-state index in [-0.39, 0.29) is 10.8 Å². The predicted molar refractivity (Wildman–Crippen MR) is 102 cm³/mol. The van der Waals surface area contributed by atoms with E-state index in [1.165, 1.54) is 22.5 Å². The van der Waals surface area contributed by atoms with Crippen LogP contribution in [0.4, 0.5) is 5.69 Å². The van der Waals surface area contributed by atoms with Gasteiger partial charge in [-0.3, -0.25) is 4.79 Å². The molecule has 7 nitrogen and oxygen atoms in total. The third-order valence-corrected chi connectivity index (χ3v) is 7.16. The van der Waals surface area contributed by atoms with Crippen molar-refractivity contribution in [3.63, 3.8) is 0 Å². The normalized spacial score (nSPS) is 19.7. The molecular weight excluding hydrogens is 392 g/mol. The zero-order valence-corrected chi connectivity index (χ0v) is 16.7. The van der Waals surface area contributed by atoms with Crippen LogP contribution in [-0.4, -0.2) is 58.1 Å². The van der Waals surface area contributed by atoms with Gasteiger partial charge in [-0.25, -0.2) is 8.42 Å². The van der Waals surface area contributed by atoms with Crippen molar-refractivity contribution in [2.24, 2.45) is 5.92 Å². The van der Waals surface area contributed by atoms with E-state index in [4.69, 9.17) is 21.1 Å². The second kappa shape index (κ2) is 9.34. The van der Waals surface area contributed by atoms with Gasteiger partial charge in [0.2, 0.25) is 15.9 Å². The standard InChI is InChI=1S/C18H25ClN2O5S/c19-16-3-2-15(27(23,24)21-7-11-26-12-8-21)13-17(16)20-18(22)4-1-14-5-9-25-10-6-14/h2-3,13-14H,1,4-12H2,(H,20,22). The van der Waals surface area contributed by atoms with Crippen LogP contribution in [0.2, 0.25) is 5.02 Å². The molecular formula is C18H25ClN2O5S. The number of sulfonamides is 1. The molecule has 27 heavy (non-hydrogen) atoms. The molecule has 0 radical (unpaired) electrons. The molecule has 0 aromatic heterocycles. The SMILES string of the molecule is O=C(CCC1CCOCC1)Nc1cc(S(=O)(=O)N2CCOCC2)ccc1Cl. The summed E-state index contributed by atoms with van der Waals surface area (Å²) in [7, 11) is -3.64. The number of hydrogen-bond donors (Lipinski definition) is 1. The van der Waals surface area contributed by atoms with Crippen molar-refractivity contribution >= 4 is 33.2 Å². The topological polar surface area (TPSA) is 84.9 Å². The van der Waals surface area contributed by atoms with Crippen molar-refractivity contribution in [3.05, 3.63) is 23.2 Å². The molecule has 2 saturated heterocycles. The minimum absolute atomic E-state index is 0.119. The lowest BCUT2D eigenvalue weighted by molar-refractivity contribution is -0.116. The van der Waals surface area contributed by atoms with Crippen molar-refractivity contribution in [2.45, 2.75) is 30.6 Å². The van der Waals surface area contributed by atoms with Crippen molar-refractivity contribution in [3.8, 4) is 0 Å². The number of rotatable bonds is 6. The van der Waals surface area contributed by atoms with Gasteiger partial charge in [0.15, 0.2) is 0 Å². The summed E-state index contributed by atoms with van der Waals surface area (Å²) in [4.78, 5) is 12.4. The summed E-state index contributed by atoms with van der Waals surface area (Å²) >= 11 is 6.17. The summed E-state index contributed by atoms with van der Waals surface area (Å²) < 4.78 is 37.5. The van der Waals surface area contributed by atoms with Crippen LogP contribution in [0.25, 0.3) is 0 Å². The Kier molecular flexibility index (Phi) is 7.10. The van der Waals surface area contributed by atoms with E-state index in [1.54, 1.807) is 0 Å². The van der Waals surface area contributed by atoms with Crippen molar-refractivity contribution in [1.82, 2.24) is 4.31 Å². The van der Waals surface area contributed by atoms with Crippen LogP contribution in [0.5, 0.6) is 0 Å². The van der Waals surface area contributed by atoms with Gasteiger partial charge in [0.25, 0.3) is 0 Å². The van der Waals surface area contributed by atoms with Crippen LogP contribution in [-0.2, 0) is 24.3 Å². The van der Waals surface area contributed by atoms with E-state index in [9.17, 15) is 13.2 Å². The van der Waals surface area contributed by atoms with Gasteiger partial charge in [0.05, 0.1) is 28.8 Å². The lowest BCUT2D eigenvalue weighted by atomic mass is 9.95. The second-order valence-electron chi connectivity index (χ2n) is 6.80. The van der Waals surface area contributed by atoms with Crippen LogP contribution >= 0.6 is 11.6 Å². The Morgan fingerprint density at radius 3 is 2.52 bits per heavy atom. The number of amides is 1. The first-order valence-corrected chi connectivity index (χ1v) is 11.0. The maximum absolute atomic E-state index is 12.8. The number of carbonyl (C=O) groups excluding carboxylic acids is 1. The maximum atomic E-state index is 12.8. The minimum atomic E-state index is -3.64. The van der Waals surface area contributed by atoms with Crippen LogP contribution in [0.15, 0.2) is 23.1 Å². The number of anilines is 1. The largest absolute Gasteiger partial charge is 0.381 e. The predicted octanol–water partition coefficient (Wildman–Crippen LogP) is 2.51. The van der Waals surface area contributed by atoms with Gasteiger partial charge < -0.3 is 14.8 Å². The Morgan fingerprint density at radius 1 is 1.15 bits per heavy atom. The third kappa shape index (κ3) is 5.42. The average Bonchev–Trinajstić information content (AvgIpc) is 2.69. The molecule has 0 unspecified atom stereocenters. The molecule has 1 aromatic carbocycles. The molecule has 0 bridgehead atoms. The fraction of sp³-hybridized carbons (Fsp3) is 0.611. The highest BCUT2D eigenvalue weighted by Crippen LogP contribution is 2.28. The number of hydrogen-bond acceptors (Lipinski definition) is 5. The molecule has 9 heteroatoms. The summed E-state index contributed by atoms with van der Waals surface area (Å²) in [6, 6.07) is 4.40. The van der Waals surface area contributed by atoms with Gasteiger partial charge in [0, 0.05) is 32.7 Å². The first-order valence-electron chi connectivity index (χ1n) is 9.22. The number of benzene rings is 1. The van der Waals surface area contributed by atoms with E-state index in [0.29, 0.717) is 49.4 Å². The highest BCUT2D eigenvalue weighted by atomic mass is 35.5. The first-order chi connectivity index (χ1) is 13.0. The van der Waals surface area contributed by atoms with Crippen LogP contribution in [0.3, 0.4) is 0 Å². The molecule has 0 aliphatic carbocycles. The van der Waals surface area contributed by atoms with E-state index in [0.717, 1.165) is 32.5 Å². The Hall–Kier alpha value is -1.19. The van der Waals surface area contributed by atoms with Crippen LogP contribution in [0, 0.1) is 5.92 Å². The molecule has 0 spiro atoms. The zero-order valence-electron chi connectivity index (χ0n) is 15.2.